The maximum absolute atomic E-state index is 8.25. The van der Waals surface area contributed by atoms with Crippen molar-refractivity contribution in [3.05, 3.63) is 15.3 Å². The molecular weight excluding hydrogens is 424 g/mol. The molecule has 0 saturated heterocycles. The van der Waals surface area contributed by atoms with Gasteiger partial charge >= 0.3 is 0 Å². The quantitative estimate of drug-likeness (QED) is 0.0558. The average molecular weight is 487 g/mol. The van der Waals surface area contributed by atoms with E-state index in [2.05, 4.69) is 27.7 Å². The monoisotopic (exact) mass is 486 g/mol. The molecule has 34 heavy (non-hydrogen) atoms. The van der Waals surface area contributed by atoms with Crippen LogP contribution in [0.4, 0.5) is 0 Å². The fourth-order valence-corrected chi connectivity index (χ4v) is 5.44. The summed E-state index contributed by atoms with van der Waals surface area (Å²) in [4.78, 5) is 8.25. The molecule has 5 nitrogen and oxygen atoms in total. The summed E-state index contributed by atoms with van der Waals surface area (Å²) in [6, 6.07) is 0. The molecule has 0 heterocycles. The van der Waals surface area contributed by atoms with E-state index in [0.29, 0.717) is 0 Å². The van der Waals surface area contributed by atoms with Gasteiger partial charge in [-0.2, -0.15) is 0 Å². The lowest BCUT2D eigenvalue weighted by Crippen LogP contribution is -2.50. The lowest BCUT2D eigenvalue weighted by atomic mass is 10.0. The zero-order valence-corrected chi connectivity index (χ0v) is 23.8. The minimum absolute atomic E-state index is 1.35. The fraction of sp³-hybridized carbons (Fsp3) is 1.00. The molecule has 0 saturated carbocycles. The van der Waals surface area contributed by atoms with E-state index in [9.17, 15) is 0 Å². The van der Waals surface area contributed by atoms with Crippen molar-refractivity contribution in [2.45, 2.75) is 163 Å². The summed E-state index contributed by atoms with van der Waals surface area (Å²) >= 11 is 0. The van der Waals surface area contributed by atoms with Crippen molar-refractivity contribution in [2.75, 3.05) is 26.2 Å². The molecule has 0 fully saturated rings. The van der Waals surface area contributed by atoms with Crippen LogP contribution in [0.1, 0.15) is 163 Å². The highest BCUT2D eigenvalue weighted by molar-refractivity contribution is 4.52. The molecule has 0 bridgehead atoms. The number of nitrogens with zero attached hydrogens (tertiary/aromatic N) is 2. The van der Waals surface area contributed by atoms with Gasteiger partial charge in [0.2, 0.25) is 0 Å². The molecule has 0 aliphatic heterocycles. The molecule has 0 spiro atoms. The van der Waals surface area contributed by atoms with Gasteiger partial charge in [-0.3, -0.25) is 0 Å². The Bertz CT molecular complexity index is 384. The van der Waals surface area contributed by atoms with Crippen molar-refractivity contribution >= 4 is 0 Å². The van der Waals surface area contributed by atoms with Gasteiger partial charge in [0.05, 0.1) is 31.3 Å². The van der Waals surface area contributed by atoms with Gasteiger partial charge in [-0.1, -0.05) is 130 Å². The second kappa shape index (κ2) is 28.4. The molecule has 0 aliphatic rings. The highest BCUT2D eigenvalue weighted by Gasteiger charge is 2.23. The Morgan fingerprint density at radius 3 is 0.882 bits per heavy atom. The zero-order valence-electron chi connectivity index (χ0n) is 23.8. The lowest BCUT2D eigenvalue weighted by molar-refractivity contribution is -0.928. The minimum atomic E-state index is -1.75. The third kappa shape index (κ3) is 27.4. The van der Waals surface area contributed by atoms with E-state index in [4.69, 9.17) is 15.3 Å². The van der Waals surface area contributed by atoms with Gasteiger partial charge in [-0.05, 0) is 32.1 Å². The number of unbranched alkanes of at least 4 members (excludes halogenated alkanes) is 17. The standard InChI is InChI=1S/C29H62N.NO3/c1-5-9-10-11-12-13-14-15-16-17-18-19-20-21-22-23-24-25-29-30(26-6-2,27-7-3)28-8-4;2-1(3)4/h5-29H2,1-4H3;/q+1;-1. The molecule has 0 amide bonds. The van der Waals surface area contributed by atoms with Gasteiger partial charge in [0.25, 0.3) is 0 Å². The van der Waals surface area contributed by atoms with Crippen LogP contribution >= 0.6 is 0 Å². The SMILES string of the molecule is CCCCCCCCCCCCCCCCCCCC[N+](CCC)(CCC)CCC.O=[N+]([O-])[O-]. The van der Waals surface area contributed by atoms with Crippen LogP contribution in [0.3, 0.4) is 0 Å². The van der Waals surface area contributed by atoms with E-state index in [1.165, 1.54) is 165 Å². The van der Waals surface area contributed by atoms with E-state index in [1.807, 2.05) is 0 Å². The molecule has 0 rings (SSSR count). The Morgan fingerprint density at radius 1 is 0.412 bits per heavy atom. The maximum Gasteiger partial charge on any atom is 0.0786 e. The van der Waals surface area contributed by atoms with Crippen LogP contribution in [0.5, 0.6) is 0 Å². The number of hydrogen-bond acceptors (Lipinski definition) is 3. The minimum Gasteiger partial charge on any atom is -0.356 e. The molecule has 0 unspecified atom stereocenters. The van der Waals surface area contributed by atoms with Gasteiger partial charge in [-0.15, -0.1) is 0 Å². The third-order valence-electron chi connectivity index (χ3n) is 7.08. The molecule has 0 aromatic rings. The number of rotatable bonds is 25. The summed E-state index contributed by atoms with van der Waals surface area (Å²) in [6.45, 7) is 15.1. The largest absolute Gasteiger partial charge is 0.356 e. The van der Waals surface area contributed by atoms with Crippen LogP contribution in [-0.4, -0.2) is 35.7 Å². The molecule has 0 N–H and O–H groups in total. The molecule has 0 aromatic heterocycles. The molecule has 0 aliphatic carbocycles. The molecular formula is C29H62N2O3. The number of hydrogen-bond donors (Lipinski definition) is 0. The molecule has 0 aromatic carbocycles. The molecule has 0 radical (unpaired) electrons. The van der Waals surface area contributed by atoms with Gasteiger partial charge in [0.15, 0.2) is 0 Å². The summed E-state index contributed by atoms with van der Waals surface area (Å²) in [5.74, 6) is 0. The van der Waals surface area contributed by atoms with Crippen molar-refractivity contribution in [1.82, 2.24) is 0 Å². The Labute approximate surface area is 213 Å². The molecule has 5 heteroatoms. The van der Waals surface area contributed by atoms with Crippen molar-refractivity contribution in [3.63, 3.8) is 0 Å². The summed E-state index contributed by atoms with van der Waals surface area (Å²) < 4.78 is 1.41. The maximum atomic E-state index is 8.25. The highest BCUT2D eigenvalue weighted by atomic mass is 16.9. The zero-order chi connectivity index (χ0) is 25.8. The van der Waals surface area contributed by atoms with Crippen molar-refractivity contribution in [3.8, 4) is 0 Å². The van der Waals surface area contributed by atoms with Crippen molar-refractivity contribution < 1.29 is 9.57 Å². The van der Waals surface area contributed by atoms with Crippen molar-refractivity contribution in [2.24, 2.45) is 0 Å². The summed E-state index contributed by atoms with van der Waals surface area (Å²) in [6.07, 6.45) is 30.5. The average Bonchev–Trinajstić information content (AvgIpc) is 2.78. The van der Waals surface area contributed by atoms with E-state index in [0.717, 1.165) is 0 Å². The summed E-state index contributed by atoms with van der Waals surface area (Å²) in [7, 11) is 0. The third-order valence-corrected chi connectivity index (χ3v) is 7.08. The first kappa shape index (κ1) is 35.3. The predicted octanol–water partition coefficient (Wildman–Crippen LogP) is 9.84. The smallest absolute Gasteiger partial charge is 0.0786 e. The van der Waals surface area contributed by atoms with Gasteiger partial charge < -0.3 is 19.8 Å². The first-order valence-electron chi connectivity index (χ1n) is 15.1. The molecule has 0 atom stereocenters. The van der Waals surface area contributed by atoms with Crippen LogP contribution in [0, 0.1) is 15.3 Å². The van der Waals surface area contributed by atoms with E-state index >= 15 is 0 Å². The first-order valence-corrected chi connectivity index (χ1v) is 15.1. The highest BCUT2D eigenvalue weighted by Crippen LogP contribution is 2.17. The Kier molecular flexibility index (Phi) is 29.5. The second-order valence-electron chi connectivity index (χ2n) is 10.5. The van der Waals surface area contributed by atoms with Gasteiger partial charge in [-0.25, -0.2) is 0 Å². The summed E-state index contributed by atoms with van der Waals surface area (Å²) in [5, 5.41) is 14.8. The van der Waals surface area contributed by atoms with E-state index in [-0.39, 0.29) is 0 Å². The van der Waals surface area contributed by atoms with E-state index < -0.39 is 5.09 Å². The van der Waals surface area contributed by atoms with Crippen LogP contribution in [0.15, 0.2) is 0 Å². The summed E-state index contributed by atoms with van der Waals surface area (Å²) in [5.41, 5.74) is 0. The second-order valence-corrected chi connectivity index (χ2v) is 10.5. The van der Waals surface area contributed by atoms with E-state index in [1.54, 1.807) is 0 Å². The molecule has 206 valence electrons. The first-order chi connectivity index (χ1) is 16.5. The van der Waals surface area contributed by atoms with Gasteiger partial charge in [0, 0.05) is 0 Å². The topological polar surface area (TPSA) is 66.2 Å². The predicted molar refractivity (Wildman–Crippen MR) is 150 cm³/mol. The van der Waals surface area contributed by atoms with Crippen molar-refractivity contribution in [1.29, 1.82) is 0 Å². The lowest BCUT2D eigenvalue weighted by Gasteiger charge is -2.38. The Hall–Kier alpha value is -0.840. The van der Waals surface area contributed by atoms with Gasteiger partial charge in [0.1, 0.15) is 0 Å². The van der Waals surface area contributed by atoms with Crippen LogP contribution in [0.25, 0.3) is 0 Å². The Morgan fingerprint density at radius 2 is 0.647 bits per heavy atom. The van der Waals surface area contributed by atoms with Crippen LogP contribution in [0.2, 0.25) is 0 Å². The fourth-order valence-electron chi connectivity index (χ4n) is 5.44. The number of quaternary nitrogens is 1. The Balaban J connectivity index is 0. The van der Waals surface area contributed by atoms with Crippen LogP contribution < -0.4 is 0 Å². The van der Waals surface area contributed by atoms with Crippen LogP contribution in [-0.2, 0) is 0 Å². The normalized spacial score (nSPS) is 11.3.